The Hall–Kier alpha value is -2.48. The summed E-state index contributed by atoms with van der Waals surface area (Å²) in [6, 6.07) is 5.68. The highest BCUT2D eigenvalue weighted by Gasteiger charge is 2.31. The molecular formula is C16H14ClF3N2O3. The number of aryl methyl sites for hydroxylation is 1. The summed E-state index contributed by atoms with van der Waals surface area (Å²) in [4.78, 5) is 24.0. The third-order valence-electron chi connectivity index (χ3n) is 3.36. The van der Waals surface area contributed by atoms with Crippen LogP contribution in [0.3, 0.4) is 0 Å². The first-order chi connectivity index (χ1) is 11.6. The van der Waals surface area contributed by atoms with Crippen LogP contribution < -0.4 is 5.32 Å². The molecule has 134 valence electrons. The van der Waals surface area contributed by atoms with Crippen molar-refractivity contribution in [3.8, 4) is 0 Å². The first-order valence-electron chi connectivity index (χ1n) is 7.09. The van der Waals surface area contributed by atoms with Crippen LogP contribution in [0.5, 0.6) is 0 Å². The van der Waals surface area contributed by atoms with Gasteiger partial charge in [-0.05, 0) is 37.3 Å². The van der Waals surface area contributed by atoms with Crippen LogP contribution in [0.2, 0.25) is 5.02 Å². The molecule has 0 aliphatic heterocycles. The highest BCUT2D eigenvalue weighted by atomic mass is 35.5. The normalized spacial score (nSPS) is 12.6. The van der Waals surface area contributed by atoms with Gasteiger partial charge >= 0.3 is 12.1 Å². The van der Waals surface area contributed by atoms with E-state index in [0.29, 0.717) is 6.07 Å². The third-order valence-corrected chi connectivity index (χ3v) is 3.69. The number of alkyl halides is 3. The quantitative estimate of drug-likeness (QED) is 0.826. The van der Waals surface area contributed by atoms with E-state index in [2.05, 4.69) is 5.32 Å². The first kappa shape index (κ1) is 18.9. The molecule has 5 nitrogen and oxygen atoms in total. The minimum Gasteiger partial charge on any atom is -0.448 e. The smallest absolute Gasteiger partial charge is 0.416 e. The SMILES string of the molecule is C[C@H](OC(=O)c1cccn1C)C(=O)Nc1cc(C(F)(F)F)ccc1Cl. The fourth-order valence-corrected chi connectivity index (χ4v) is 2.14. The number of halogens is 4. The zero-order valence-electron chi connectivity index (χ0n) is 13.2. The summed E-state index contributed by atoms with van der Waals surface area (Å²) in [5.41, 5.74) is -0.944. The number of amides is 1. The number of anilines is 1. The molecule has 1 heterocycles. The van der Waals surface area contributed by atoms with Crippen LogP contribution in [0.15, 0.2) is 36.5 Å². The third kappa shape index (κ3) is 4.54. The predicted molar refractivity (Wildman–Crippen MR) is 85.4 cm³/mol. The van der Waals surface area contributed by atoms with E-state index in [1.54, 1.807) is 19.3 Å². The number of esters is 1. The molecule has 1 N–H and O–H groups in total. The summed E-state index contributed by atoms with van der Waals surface area (Å²) in [6.45, 7) is 1.30. The van der Waals surface area contributed by atoms with Crippen LogP contribution in [0.25, 0.3) is 0 Å². The van der Waals surface area contributed by atoms with E-state index in [0.717, 1.165) is 12.1 Å². The van der Waals surface area contributed by atoms with Crippen LogP contribution in [-0.4, -0.2) is 22.5 Å². The van der Waals surface area contributed by atoms with Crippen molar-refractivity contribution in [1.82, 2.24) is 4.57 Å². The lowest BCUT2D eigenvalue weighted by Gasteiger charge is -2.15. The number of nitrogens with one attached hydrogen (secondary N) is 1. The molecule has 0 radical (unpaired) electrons. The van der Waals surface area contributed by atoms with Gasteiger partial charge in [0.15, 0.2) is 6.10 Å². The van der Waals surface area contributed by atoms with E-state index >= 15 is 0 Å². The van der Waals surface area contributed by atoms with E-state index in [1.807, 2.05) is 0 Å². The molecule has 0 saturated carbocycles. The number of carbonyl (C=O) groups excluding carboxylic acids is 2. The topological polar surface area (TPSA) is 60.3 Å². The van der Waals surface area contributed by atoms with Crippen LogP contribution in [0, 0.1) is 0 Å². The summed E-state index contributed by atoms with van der Waals surface area (Å²) >= 11 is 5.81. The lowest BCUT2D eigenvalue weighted by Crippen LogP contribution is -2.30. The van der Waals surface area contributed by atoms with Crippen molar-refractivity contribution >= 4 is 29.2 Å². The number of hydrogen-bond acceptors (Lipinski definition) is 3. The van der Waals surface area contributed by atoms with E-state index in [9.17, 15) is 22.8 Å². The molecule has 0 fully saturated rings. The summed E-state index contributed by atoms with van der Waals surface area (Å²) in [7, 11) is 1.63. The first-order valence-corrected chi connectivity index (χ1v) is 7.47. The van der Waals surface area contributed by atoms with Crippen LogP contribution in [0.1, 0.15) is 23.0 Å². The minimum atomic E-state index is -4.57. The van der Waals surface area contributed by atoms with Crippen LogP contribution in [-0.2, 0) is 22.8 Å². The monoisotopic (exact) mass is 374 g/mol. The van der Waals surface area contributed by atoms with Crippen molar-refractivity contribution in [2.24, 2.45) is 7.05 Å². The summed E-state index contributed by atoms with van der Waals surface area (Å²) < 4.78 is 44.7. The predicted octanol–water partition coefficient (Wildman–Crippen LogP) is 3.88. The van der Waals surface area contributed by atoms with Crippen molar-refractivity contribution in [2.45, 2.75) is 19.2 Å². The molecule has 1 amide bonds. The van der Waals surface area contributed by atoms with Gasteiger partial charge < -0.3 is 14.6 Å². The maximum Gasteiger partial charge on any atom is 0.416 e. The van der Waals surface area contributed by atoms with E-state index < -0.39 is 29.7 Å². The molecule has 0 saturated heterocycles. The minimum absolute atomic E-state index is 0.0673. The molecule has 25 heavy (non-hydrogen) atoms. The maximum absolute atomic E-state index is 12.7. The number of rotatable bonds is 4. The summed E-state index contributed by atoms with van der Waals surface area (Å²) in [5, 5.41) is 2.17. The lowest BCUT2D eigenvalue weighted by molar-refractivity contribution is -0.137. The number of aromatic nitrogens is 1. The Morgan fingerprint density at radius 1 is 1.28 bits per heavy atom. The Kier molecular flexibility index (Phi) is 5.42. The Morgan fingerprint density at radius 2 is 1.96 bits per heavy atom. The molecule has 0 spiro atoms. The second kappa shape index (κ2) is 7.18. The molecule has 2 rings (SSSR count). The standard InChI is InChI=1S/C16H14ClF3N2O3/c1-9(25-15(24)13-4-3-7-22(13)2)14(23)21-12-8-10(16(18,19)20)5-6-11(12)17/h3-9H,1-2H3,(H,21,23)/t9-/m0/s1. The van der Waals surface area contributed by atoms with Gasteiger partial charge in [-0.15, -0.1) is 0 Å². The van der Waals surface area contributed by atoms with E-state index in [1.165, 1.54) is 17.6 Å². The Labute approximate surface area is 146 Å². The molecule has 1 aromatic carbocycles. The molecule has 0 aliphatic rings. The second-order valence-electron chi connectivity index (χ2n) is 5.23. The summed E-state index contributed by atoms with van der Waals surface area (Å²) in [6.07, 6.45) is -4.17. The fraction of sp³-hybridized carbons (Fsp3) is 0.250. The highest BCUT2D eigenvalue weighted by Crippen LogP contribution is 2.33. The molecular weight excluding hydrogens is 361 g/mol. The van der Waals surface area contributed by atoms with Crippen LogP contribution in [0.4, 0.5) is 18.9 Å². The second-order valence-corrected chi connectivity index (χ2v) is 5.64. The van der Waals surface area contributed by atoms with Gasteiger partial charge in [-0.2, -0.15) is 13.2 Å². The molecule has 1 aromatic heterocycles. The highest BCUT2D eigenvalue weighted by molar-refractivity contribution is 6.33. The molecule has 0 bridgehead atoms. The van der Waals surface area contributed by atoms with Gasteiger partial charge in [0.2, 0.25) is 0 Å². The Bertz CT molecular complexity index is 802. The number of hydrogen-bond donors (Lipinski definition) is 1. The van der Waals surface area contributed by atoms with Gasteiger partial charge in [-0.25, -0.2) is 4.79 Å². The zero-order valence-corrected chi connectivity index (χ0v) is 14.0. The largest absolute Gasteiger partial charge is 0.448 e. The van der Waals surface area contributed by atoms with Crippen molar-refractivity contribution in [2.75, 3.05) is 5.32 Å². The molecule has 2 aromatic rings. The van der Waals surface area contributed by atoms with Gasteiger partial charge in [-0.3, -0.25) is 4.79 Å². The number of benzene rings is 1. The van der Waals surface area contributed by atoms with E-state index in [-0.39, 0.29) is 16.4 Å². The average Bonchev–Trinajstić information content (AvgIpc) is 2.94. The number of nitrogens with zero attached hydrogens (tertiary/aromatic N) is 1. The van der Waals surface area contributed by atoms with Gasteiger partial charge in [0.25, 0.3) is 5.91 Å². The fourth-order valence-electron chi connectivity index (χ4n) is 1.98. The molecule has 9 heteroatoms. The van der Waals surface area contributed by atoms with E-state index in [4.69, 9.17) is 16.3 Å². The van der Waals surface area contributed by atoms with Gasteiger partial charge in [0, 0.05) is 13.2 Å². The zero-order chi connectivity index (χ0) is 18.8. The molecule has 1 atom stereocenters. The van der Waals surface area contributed by atoms with Crippen molar-refractivity contribution in [3.05, 3.63) is 52.8 Å². The van der Waals surface area contributed by atoms with Crippen molar-refractivity contribution in [3.63, 3.8) is 0 Å². The van der Waals surface area contributed by atoms with Crippen molar-refractivity contribution in [1.29, 1.82) is 0 Å². The van der Waals surface area contributed by atoms with Gasteiger partial charge in [0.05, 0.1) is 16.3 Å². The molecule has 0 aliphatic carbocycles. The molecule has 0 unspecified atom stereocenters. The lowest BCUT2D eigenvalue weighted by atomic mass is 10.2. The number of carbonyl (C=O) groups is 2. The maximum atomic E-state index is 12.7. The van der Waals surface area contributed by atoms with Crippen molar-refractivity contribution < 1.29 is 27.5 Å². The van der Waals surface area contributed by atoms with Gasteiger partial charge in [0.1, 0.15) is 5.69 Å². The van der Waals surface area contributed by atoms with Crippen LogP contribution >= 0.6 is 11.6 Å². The summed E-state index contributed by atoms with van der Waals surface area (Å²) in [5.74, 6) is -1.53. The number of ether oxygens (including phenoxy) is 1. The Morgan fingerprint density at radius 3 is 2.52 bits per heavy atom. The average molecular weight is 375 g/mol. The Balaban J connectivity index is 2.09. The van der Waals surface area contributed by atoms with Gasteiger partial charge in [-0.1, -0.05) is 11.6 Å².